The zero-order valence-electron chi connectivity index (χ0n) is 12.8. The number of hydrogen-bond donors (Lipinski definition) is 3. The number of carbonyl (C=O) groups is 1. The van der Waals surface area contributed by atoms with Gasteiger partial charge in [-0.25, -0.2) is 0 Å². The van der Waals surface area contributed by atoms with E-state index in [9.17, 15) is 4.79 Å². The van der Waals surface area contributed by atoms with Crippen molar-refractivity contribution in [3.63, 3.8) is 0 Å². The summed E-state index contributed by atoms with van der Waals surface area (Å²) in [5.74, 6) is 0.820. The number of halogens is 1. The second kappa shape index (κ2) is 11.3. The summed E-state index contributed by atoms with van der Waals surface area (Å²) in [4.78, 5) is 15.8. The van der Waals surface area contributed by atoms with Crippen molar-refractivity contribution in [2.75, 3.05) is 19.6 Å². The van der Waals surface area contributed by atoms with Crippen LogP contribution in [0.4, 0.5) is 0 Å². The van der Waals surface area contributed by atoms with E-state index in [-0.39, 0.29) is 35.4 Å². The van der Waals surface area contributed by atoms with Gasteiger partial charge in [0, 0.05) is 25.0 Å². The Bertz CT molecular complexity index is 274. The Morgan fingerprint density at radius 2 is 1.79 bits per heavy atom. The summed E-state index contributed by atoms with van der Waals surface area (Å²) in [5, 5.41) is 9.28. The molecule has 0 saturated carbocycles. The smallest absolute Gasteiger partial charge is 0.221 e. The van der Waals surface area contributed by atoms with E-state index in [4.69, 9.17) is 0 Å². The lowest BCUT2D eigenvalue weighted by Crippen LogP contribution is -2.47. The number of nitrogens with zero attached hydrogens (tertiary/aromatic N) is 1. The van der Waals surface area contributed by atoms with Gasteiger partial charge in [0.15, 0.2) is 5.96 Å². The number of hydrogen-bond acceptors (Lipinski definition) is 2. The molecule has 0 unspecified atom stereocenters. The Kier molecular flexibility index (Phi) is 12.4. The molecule has 19 heavy (non-hydrogen) atoms. The molecule has 0 rings (SSSR count). The van der Waals surface area contributed by atoms with Crippen LogP contribution in [0, 0.1) is 0 Å². The van der Waals surface area contributed by atoms with Gasteiger partial charge in [-0.1, -0.05) is 6.92 Å². The van der Waals surface area contributed by atoms with Crippen molar-refractivity contribution >= 4 is 35.8 Å². The fourth-order valence-electron chi connectivity index (χ4n) is 1.28. The highest BCUT2D eigenvalue weighted by molar-refractivity contribution is 14.0. The molecule has 0 spiro atoms. The van der Waals surface area contributed by atoms with Gasteiger partial charge in [-0.05, 0) is 34.1 Å². The van der Waals surface area contributed by atoms with Gasteiger partial charge in [-0.15, -0.1) is 24.0 Å². The lowest BCUT2D eigenvalue weighted by Gasteiger charge is -2.23. The molecule has 6 heteroatoms. The Balaban J connectivity index is 0. The van der Waals surface area contributed by atoms with Crippen molar-refractivity contribution in [2.45, 2.75) is 53.0 Å². The van der Waals surface area contributed by atoms with Crippen molar-refractivity contribution in [3.8, 4) is 0 Å². The van der Waals surface area contributed by atoms with Crippen LogP contribution in [0.5, 0.6) is 0 Å². The molecule has 0 aliphatic rings. The predicted molar refractivity (Wildman–Crippen MR) is 92.2 cm³/mol. The molecule has 0 bridgehead atoms. The number of nitrogens with one attached hydrogen (secondary N) is 3. The average Bonchev–Trinajstić information content (AvgIpc) is 2.24. The zero-order valence-corrected chi connectivity index (χ0v) is 15.1. The first-order valence-electron chi connectivity index (χ1n) is 6.72. The molecule has 3 N–H and O–H groups in total. The molecular formula is C13H29IN4O. The van der Waals surface area contributed by atoms with Gasteiger partial charge in [0.05, 0.1) is 6.54 Å². The highest BCUT2D eigenvalue weighted by Crippen LogP contribution is 1.98. The van der Waals surface area contributed by atoms with E-state index >= 15 is 0 Å². The molecular weight excluding hydrogens is 355 g/mol. The van der Waals surface area contributed by atoms with Crippen molar-refractivity contribution in [1.29, 1.82) is 0 Å². The minimum atomic E-state index is -0.0362. The molecule has 0 aromatic heterocycles. The maximum Gasteiger partial charge on any atom is 0.221 e. The van der Waals surface area contributed by atoms with E-state index in [0.717, 1.165) is 25.5 Å². The van der Waals surface area contributed by atoms with Crippen LogP contribution < -0.4 is 16.0 Å². The van der Waals surface area contributed by atoms with Gasteiger partial charge in [-0.2, -0.15) is 0 Å². The second-order valence-corrected chi connectivity index (χ2v) is 5.24. The molecule has 1 amide bonds. The van der Waals surface area contributed by atoms with E-state index in [0.29, 0.717) is 13.0 Å². The van der Waals surface area contributed by atoms with Crippen LogP contribution in [-0.2, 0) is 4.79 Å². The molecule has 0 saturated heterocycles. The first kappa shape index (κ1) is 20.8. The Morgan fingerprint density at radius 1 is 1.16 bits per heavy atom. The third kappa shape index (κ3) is 13.7. The van der Waals surface area contributed by atoms with Crippen LogP contribution in [0.3, 0.4) is 0 Å². The number of guanidine groups is 1. The summed E-state index contributed by atoms with van der Waals surface area (Å²) in [7, 11) is 0. The number of aliphatic imine (C=N–C) groups is 1. The number of carbonyl (C=O) groups excluding carboxylic acids is 1. The summed E-state index contributed by atoms with van der Waals surface area (Å²) in [6.07, 6.45) is 1.39. The minimum Gasteiger partial charge on any atom is -0.357 e. The van der Waals surface area contributed by atoms with Crippen molar-refractivity contribution in [3.05, 3.63) is 0 Å². The van der Waals surface area contributed by atoms with E-state index in [2.05, 4.69) is 41.7 Å². The molecule has 0 fully saturated rings. The van der Waals surface area contributed by atoms with E-state index in [1.54, 1.807) is 0 Å². The maximum atomic E-state index is 11.4. The van der Waals surface area contributed by atoms with E-state index in [1.807, 2.05) is 13.8 Å². The molecule has 5 nitrogen and oxygen atoms in total. The zero-order chi connectivity index (χ0) is 14.0. The van der Waals surface area contributed by atoms with Crippen LogP contribution in [0.1, 0.15) is 47.5 Å². The van der Waals surface area contributed by atoms with Crippen LogP contribution in [0.2, 0.25) is 0 Å². The van der Waals surface area contributed by atoms with Crippen LogP contribution in [-0.4, -0.2) is 37.0 Å². The lowest BCUT2D eigenvalue weighted by atomic mass is 10.1. The summed E-state index contributed by atoms with van der Waals surface area (Å²) < 4.78 is 0. The van der Waals surface area contributed by atoms with Crippen LogP contribution in [0.25, 0.3) is 0 Å². The van der Waals surface area contributed by atoms with Gasteiger partial charge in [0.25, 0.3) is 0 Å². The first-order chi connectivity index (χ1) is 8.39. The fraction of sp³-hybridized carbons (Fsp3) is 0.846. The molecule has 0 atom stereocenters. The molecule has 0 aromatic carbocycles. The largest absolute Gasteiger partial charge is 0.357 e. The highest BCUT2D eigenvalue weighted by Gasteiger charge is 2.11. The fourth-order valence-corrected chi connectivity index (χ4v) is 1.28. The van der Waals surface area contributed by atoms with Gasteiger partial charge < -0.3 is 16.0 Å². The summed E-state index contributed by atoms with van der Waals surface area (Å²) >= 11 is 0. The first-order valence-corrected chi connectivity index (χ1v) is 6.72. The van der Waals surface area contributed by atoms with Crippen molar-refractivity contribution in [1.82, 2.24) is 16.0 Å². The molecule has 0 heterocycles. The molecule has 0 aromatic rings. The van der Waals surface area contributed by atoms with Crippen LogP contribution >= 0.6 is 24.0 Å². The SMILES string of the molecule is CCCNC(=O)CCN=C(NCC)NC(C)(C)C.I. The maximum absolute atomic E-state index is 11.4. The van der Waals surface area contributed by atoms with Gasteiger partial charge in [0.2, 0.25) is 5.91 Å². The number of amides is 1. The van der Waals surface area contributed by atoms with Gasteiger partial charge >= 0.3 is 0 Å². The monoisotopic (exact) mass is 384 g/mol. The van der Waals surface area contributed by atoms with Gasteiger partial charge in [0.1, 0.15) is 0 Å². The Hall–Kier alpha value is -0.530. The number of rotatable bonds is 6. The quantitative estimate of drug-likeness (QED) is 0.372. The second-order valence-electron chi connectivity index (χ2n) is 5.24. The average molecular weight is 384 g/mol. The molecule has 0 radical (unpaired) electrons. The van der Waals surface area contributed by atoms with Crippen LogP contribution in [0.15, 0.2) is 4.99 Å². The lowest BCUT2D eigenvalue weighted by molar-refractivity contribution is -0.120. The van der Waals surface area contributed by atoms with Crippen molar-refractivity contribution in [2.24, 2.45) is 4.99 Å². The molecule has 0 aliphatic carbocycles. The highest BCUT2D eigenvalue weighted by atomic mass is 127. The Morgan fingerprint density at radius 3 is 2.26 bits per heavy atom. The normalized spacial score (nSPS) is 11.5. The third-order valence-electron chi connectivity index (χ3n) is 2.02. The van der Waals surface area contributed by atoms with Crippen molar-refractivity contribution < 1.29 is 4.79 Å². The molecule has 114 valence electrons. The van der Waals surface area contributed by atoms with E-state index in [1.165, 1.54) is 0 Å². The van der Waals surface area contributed by atoms with Gasteiger partial charge in [-0.3, -0.25) is 9.79 Å². The predicted octanol–water partition coefficient (Wildman–Crippen LogP) is 1.87. The third-order valence-corrected chi connectivity index (χ3v) is 2.02. The summed E-state index contributed by atoms with van der Waals surface area (Å²) in [6.45, 7) is 12.3. The minimum absolute atomic E-state index is 0. The Labute approximate surface area is 134 Å². The topological polar surface area (TPSA) is 65.5 Å². The summed E-state index contributed by atoms with van der Waals surface area (Å²) in [5.41, 5.74) is -0.0362. The summed E-state index contributed by atoms with van der Waals surface area (Å²) in [6, 6.07) is 0. The van der Waals surface area contributed by atoms with E-state index < -0.39 is 0 Å². The standard InChI is InChI=1S/C13H28N4O.HI/c1-6-9-15-11(18)8-10-16-12(14-7-2)17-13(3,4)5;/h6-10H2,1-5H3,(H,15,18)(H2,14,16,17);1H. The molecule has 0 aliphatic heterocycles.